The lowest BCUT2D eigenvalue weighted by Crippen LogP contribution is -2.55. The molecule has 0 saturated carbocycles. The van der Waals surface area contributed by atoms with Gasteiger partial charge < -0.3 is 15.1 Å². The fourth-order valence-electron chi connectivity index (χ4n) is 3.72. The van der Waals surface area contributed by atoms with Gasteiger partial charge in [-0.15, -0.1) is 0 Å². The van der Waals surface area contributed by atoms with E-state index in [1.165, 1.54) is 6.08 Å². The maximum Gasteiger partial charge on any atom is 0.244 e. The van der Waals surface area contributed by atoms with Gasteiger partial charge in [-0.3, -0.25) is 19.3 Å². The predicted octanol–water partition coefficient (Wildman–Crippen LogP) is 0.971. The molecule has 1 atom stereocenters. The smallest absolute Gasteiger partial charge is 0.244 e. The van der Waals surface area contributed by atoms with Crippen molar-refractivity contribution < 1.29 is 14.4 Å². The van der Waals surface area contributed by atoms with E-state index in [4.69, 9.17) is 0 Å². The molecule has 2 aliphatic heterocycles. The fourth-order valence-corrected chi connectivity index (χ4v) is 3.72. The second kappa shape index (κ2) is 10.2. The molecule has 0 spiro atoms. The summed E-state index contributed by atoms with van der Waals surface area (Å²) < 4.78 is 0. The van der Waals surface area contributed by atoms with Gasteiger partial charge in [0.15, 0.2) is 0 Å². The first-order valence-electron chi connectivity index (χ1n) is 10.4. The SMILES string of the molecule is CC(NC(=O)/C=C/c1ccccc1)C(=O)N1CCN(CC(=O)N2CCCC2)CC1. The maximum absolute atomic E-state index is 12.6. The first-order valence-corrected chi connectivity index (χ1v) is 10.4. The van der Waals surface area contributed by atoms with E-state index in [0.29, 0.717) is 32.7 Å². The fraction of sp³-hybridized carbons (Fsp3) is 0.500. The number of rotatable bonds is 6. The Morgan fingerprint density at radius 1 is 0.966 bits per heavy atom. The van der Waals surface area contributed by atoms with Crippen LogP contribution in [0.4, 0.5) is 0 Å². The van der Waals surface area contributed by atoms with Crippen LogP contribution in [0.2, 0.25) is 0 Å². The minimum atomic E-state index is -0.583. The number of carbonyl (C=O) groups is 3. The van der Waals surface area contributed by atoms with Gasteiger partial charge in [0.05, 0.1) is 6.54 Å². The molecule has 3 rings (SSSR count). The zero-order chi connectivity index (χ0) is 20.6. The minimum Gasteiger partial charge on any atom is -0.342 e. The molecular weight excluding hydrogens is 368 g/mol. The first kappa shape index (κ1) is 21.0. The molecule has 0 aliphatic carbocycles. The lowest BCUT2D eigenvalue weighted by atomic mass is 10.2. The lowest BCUT2D eigenvalue weighted by molar-refractivity contribution is -0.137. The number of likely N-dealkylation sites (tertiary alicyclic amines) is 1. The summed E-state index contributed by atoms with van der Waals surface area (Å²) in [5.74, 6) is -0.186. The molecule has 1 aromatic carbocycles. The van der Waals surface area contributed by atoms with Crippen molar-refractivity contribution in [2.75, 3.05) is 45.8 Å². The molecule has 1 N–H and O–H groups in total. The molecule has 7 nitrogen and oxygen atoms in total. The highest BCUT2D eigenvalue weighted by atomic mass is 16.2. The summed E-state index contributed by atoms with van der Waals surface area (Å²) >= 11 is 0. The quantitative estimate of drug-likeness (QED) is 0.725. The third-order valence-corrected chi connectivity index (χ3v) is 5.46. The molecule has 1 unspecified atom stereocenters. The molecule has 0 aromatic heterocycles. The van der Waals surface area contributed by atoms with Gasteiger partial charge >= 0.3 is 0 Å². The van der Waals surface area contributed by atoms with Crippen molar-refractivity contribution in [2.24, 2.45) is 0 Å². The number of hydrogen-bond acceptors (Lipinski definition) is 4. The zero-order valence-electron chi connectivity index (χ0n) is 17.0. The molecule has 2 saturated heterocycles. The van der Waals surface area contributed by atoms with Crippen LogP contribution in [0.5, 0.6) is 0 Å². The number of nitrogens with zero attached hydrogens (tertiary/aromatic N) is 3. The number of hydrogen-bond donors (Lipinski definition) is 1. The highest BCUT2D eigenvalue weighted by molar-refractivity contribution is 5.95. The normalized spacial score (nSPS) is 18.8. The number of nitrogens with one attached hydrogen (secondary N) is 1. The van der Waals surface area contributed by atoms with E-state index in [1.807, 2.05) is 35.2 Å². The summed E-state index contributed by atoms with van der Waals surface area (Å²) in [5, 5.41) is 2.74. The van der Waals surface area contributed by atoms with Crippen LogP contribution in [-0.4, -0.2) is 84.3 Å². The largest absolute Gasteiger partial charge is 0.342 e. The standard InChI is InChI=1S/C22H30N4O3/c1-18(23-20(27)10-9-19-7-3-2-4-8-19)22(29)26-15-13-24(14-16-26)17-21(28)25-11-5-6-12-25/h2-4,7-10,18H,5-6,11-17H2,1H3,(H,23,27)/b10-9+. The van der Waals surface area contributed by atoms with Gasteiger partial charge in [0, 0.05) is 45.3 Å². The third kappa shape index (κ3) is 6.15. The second-order valence-electron chi connectivity index (χ2n) is 7.66. The van der Waals surface area contributed by atoms with Gasteiger partial charge in [-0.1, -0.05) is 30.3 Å². The molecule has 1 aromatic rings. The van der Waals surface area contributed by atoms with Crippen molar-refractivity contribution in [3.05, 3.63) is 42.0 Å². The Kier molecular flexibility index (Phi) is 7.41. The van der Waals surface area contributed by atoms with E-state index < -0.39 is 6.04 Å². The summed E-state index contributed by atoms with van der Waals surface area (Å²) in [4.78, 5) is 42.8. The minimum absolute atomic E-state index is 0.0861. The van der Waals surface area contributed by atoms with E-state index >= 15 is 0 Å². The highest BCUT2D eigenvalue weighted by Gasteiger charge is 2.27. The Hall–Kier alpha value is -2.67. The van der Waals surface area contributed by atoms with E-state index in [-0.39, 0.29) is 17.7 Å². The van der Waals surface area contributed by atoms with Gasteiger partial charge in [0.25, 0.3) is 0 Å². The van der Waals surface area contributed by atoms with Gasteiger partial charge in [0.2, 0.25) is 17.7 Å². The van der Waals surface area contributed by atoms with E-state index in [0.717, 1.165) is 31.5 Å². The number of carbonyl (C=O) groups excluding carboxylic acids is 3. The van der Waals surface area contributed by atoms with Crippen molar-refractivity contribution in [1.82, 2.24) is 20.0 Å². The van der Waals surface area contributed by atoms with Crippen LogP contribution in [0, 0.1) is 0 Å². The van der Waals surface area contributed by atoms with Crippen LogP contribution in [0.1, 0.15) is 25.3 Å². The molecule has 2 heterocycles. The van der Waals surface area contributed by atoms with Crippen LogP contribution >= 0.6 is 0 Å². The van der Waals surface area contributed by atoms with Crippen LogP contribution < -0.4 is 5.32 Å². The molecule has 0 bridgehead atoms. The van der Waals surface area contributed by atoms with Crippen molar-refractivity contribution in [2.45, 2.75) is 25.8 Å². The van der Waals surface area contributed by atoms with Gasteiger partial charge in [0.1, 0.15) is 6.04 Å². The van der Waals surface area contributed by atoms with E-state index in [9.17, 15) is 14.4 Å². The van der Waals surface area contributed by atoms with Crippen LogP contribution in [0.25, 0.3) is 6.08 Å². The molecule has 3 amide bonds. The van der Waals surface area contributed by atoms with E-state index in [1.54, 1.807) is 17.9 Å². The second-order valence-corrected chi connectivity index (χ2v) is 7.66. The Morgan fingerprint density at radius 3 is 2.28 bits per heavy atom. The number of piperazine rings is 1. The lowest BCUT2D eigenvalue weighted by Gasteiger charge is -2.36. The van der Waals surface area contributed by atoms with Crippen molar-refractivity contribution >= 4 is 23.8 Å². The first-order chi connectivity index (χ1) is 14.0. The monoisotopic (exact) mass is 398 g/mol. The molecule has 29 heavy (non-hydrogen) atoms. The zero-order valence-corrected chi connectivity index (χ0v) is 17.0. The van der Waals surface area contributed by atoms with Gasteiger partial charge in [-0.05, 0) is 31.4 Å². The summed E-state index contributed by atoms with van der Waals surface area (Å²) in [7, 11) is 0. The number of amides is 3. The number of benzene rings is 1. The predicted molar refractivity (Wildman–Crippen MR) is 112 cm³/mol. The maximum atomic E-state index is 12.6. The molecule has 2 fully saturated rings. The summed E-state index contributed by atoms with van der Waals surface area (Å²) in [5.41, 5.74) is 0.932. The Morgan fingerprint density at radius 2 is 1.62 bits per heavy atom. The van der Waals surface area contributed by atoms with Gasteiger partial charge in [-0.25, -0.2) is 0 Å². The Bertz CT molecular complexity index is 736. The van der Waals surface area contributed by atoms with Crippen molar-refractivity contribution in [1.29, 1.82) is 0 Å². The molecule has 2 aliphatic rings. The van der Waals surface area contributed by atoms with Crippen LogP contribution in [0.15, 0.2) is 36.4 Å². The van der Waals surface area contributed by atoms with Gasteiger partial charge in [-0.2, -0.15) is 0 Å². The van der Waals surface area contributed by atoms with Crippen LogP contribution in [0.3, 0.4) is 0 Å². The Labute approximate surface area is 172 Å². The third-order valence-electron chi connectivity index (χ3n) is 5.46. The summed E-state index contributed by atoms with van der Waals surface area (Å²) in [6.45, 7) is 6.39. The van der Waals surface area contributed by atoms with Crippen molar-refractivity contribution in [3.63, 3.8) is 0 Å². The summed E-state index contributed by atoms with van der Waals surface area (Å²) in [6.07, 6.45) is 5.36. The topological polar surface area (TPSA) is 73.0 Å². The average Bonchev–Trinajstić information content (AvgIpc) is 3.28. The van der Waals surface area contributed by atoms with E-state index in [2.05, 4.69) is 10.2 Å². The molecular formula is C22H30N4O3. The average molecular weight is 399 g/mol. The van der Waals surface area contributed by atoms with Crippen LogP contribution in [-0.2, 0) is 14.4 Å². The molecule has 156 valence electrons. The highest BCUT2D eigenvalue weighted by Crippen LogP contribution is 2.10. The molecule has 7 heteroatoms. The Balaban J connectivity index is 1.40. The van der Waals surface area contributed by atoms with Crippen molar-refractivity contribution in [3.8, 4) is 0 Å². The molecule has 0 radical (unpaired) electrons. The summed E-state index contributed by atoms with van der Waals surface area (Å²) in [6, 6.07) is 8.96.